The second kappa shape index (κ2) is 9.89. The van der Waals surface area contributed by atoms with Gasteiger partial charge in [-0.25, -0.2) is 8.42 Å². The van der Waals surface area contributed by atoms with Crippen molar-refractivity contribution in [2.24, 2.45) is 0 Å². The standard InChI is InChI=1S/C23H32N2O7S/c1-16(22(26)24(2)17-7-4-3-5-8-17)32-23(27)19-9-6-12-25(19)33(28,29)18-10-11-20-21(15-18)31-14-13-30-20/h10-11,15-17,19H,3-9,12-14H2,1-2H3/t16-,19-/m1/s1. The maximum atomic E-state index is 13.3. The van der Waals surface area contributed by atoms with Gasteiger partial charge in [0.25, 0.3) is 5.91 Å². The number of carbonyl (C=O) groups excluding carboxylic acids is 2. The summed E-state index contributed by atoms with van der Waals surface area (Å²) >= 11 is 0. The molecule has 0 unspecified atom stereocenters. The van der Waals surface area contributed by atoms with Crippen LogP contribution in [0.2, 0.25) is 0 Å². The van der Waals surface area contributed by atoms with Crippen LogP contribution in [0.1, 0.15) is 51.9 Å². The van der Waals surface area contributed by atoms with Crippen molar-refractivity contribution >= 4 is 21.9 Å². The number of hydrogen-bond donors (Lipinski definition) is 0. The fraction of sp³-hybridized carbons (Fsp3) is 0.652. The van der Waals surface area contributed by atoms with Gasteiger partial charge in [-0.1, -0.05) is 19.3 Å². The van der Waals surface area contributed by atoms with Gasteiger partial charge in [0.1, 0.15) is 19.3 Å². The quantitative estimate of drug-likeness (QED) is 0.576. The molecule has 0 N–H and O–H groups in total. The van der Waals surface area contributed by atoms with E-state index in [2.05, 4.69) is 0 Å². The van der Waals surface area contributed by atoms with Crippen LogP contribution in [0.3, 0.4) is 0 Å². The van der Waals surface area contributed by atoms with Gasteiger partial charge in [0.15, 0.2) is 17.6 Å². The molecule has 182 valence electrons. The van der Waals surface area contributed by atoms with Crippen LogP contribution in [0.15, 0.2) is 23.1 Å². The van der Waals surface area contributed by atoms with Crippen molar-refractivity contribution in [3.8, 4) is 11.5 Å². The third-order valence-corrected chi connectivity index (χ3v) is 8.61. The van der Waals surface area contributed by atoms with Crippen molar-refractivity contribution in [3.63, 3.8) is 0 Å². The molecule has 0 radical (unpaired) electrons. The minimum absolute atomic E-state index is 0.0348. The number of amides is 1. The first-order valence-electron chi connectivity index (χ1n) is 11.7. The molecule has 3 aliphatic rings. The van der Waals surface area contributed by atoms with Crippen molar-refractivity contribution in [2.75, 3.05) is 26.8 Å². The SMILES string of the molecule is C[C@@H](OC(=O)[C@H]1CCCN1S(=O)(=O)c1ccc2c(c1)OCCO2)C(=O)N(C)C1CCCCC1. The van der Waals surface area contributed by atoms with E-state index in [0.29, 0.717) is 37.6 Å². The van der Waals surface area contributed by atoms with Gasteiger partial charge >= 0.3 is 5.97 Å². The molecule has 2 atom stereocenters. The monoisotopic (exact) mass is 480 g/mol. The molecule has 9 nitrogen and oxygen atoms in total. The number of benzene rings is 1. The van der Waals surface area contributed by atoms with Gasteiger partial charge in [-0.05, 0) is 44.7 Å². The predicted octanol–water partition coefficient (Wildman–Crippen LogP) is 2.33. The minimum atomic E-state index is -3.95. The predicted molar refractivity (Wildman–Crippen MR) is 120 cm³/mol. The third-order valence-electron chi connectivity index (χ3n) is 6.71. The lowest BCUT2D eigenvalue weighted by molar-refractivity contribution is -0.162. The summed E-state index contributed by atoms with van der Waals surface area (Å²) in [5.41, 5.74) is 0. The lowest BCUT2D eigenvalue weighted by Gasteiger charge is -2.33. The maximum absolute atomic E-state index is 13.3. The Balaban J connectivity index is 1.44. The maximum Gasteiger partial charge on any atom is 0.325 e. The molecule has 2 fully saturated rings. The van der Waals surface area contributed by atoms with Gasteiger partial charge in [-0.15, -0.1) is 0 Å². The summed E-state index contributed by atoms with van der Waals surface area (Å²) in [5.74, 6) is -0.0846. The average Bonchev–Trinajstić information content (AvgIpc) is 3.34. The zero-order valence-electron chi connectivity index (χ0n) is 19.2. The molecule has 1 aliphatic carbocycles. The third kappa shape index (κ3) is 4.96. The smallest absolute Gasteiger partial charge is 0.325 e. The molecule has 10 heteroatoms. The summed E-state index contributed by atoms with van der Waals surface area (Å²) in [6.07, 6.45) is 5.18. The first-order valence-corrected chi connectivity index (χ1v) is 13.1. The van der Waals surface area contributed by atoms with Gasteiger partial charge < -0.3 is 19.1 Å². The lowest BCUT2D eigenvalue weighted by atomic mass is 9.94. The number of fused-ring (bicyclic) bond motifs is 1. The normalized spacial score (nSPS) is 22.5. The zero-order valence-corrected chi connectivity index (χ0v) is 20.0. The molecule has 1 aromatic carbocycles. The highest BCUT2D eigenvalue weighted by molar-refractivity contribution is 7.89. The number of sulfonamides is 1. The lowest BCUT2D eigenvalue weighted by Crippen LogP contribution is -2.47. The van der Waals surface area contributed by atoms with Crippen molar-refractivity contribution in [1.82, 2.24) is 9.21 Å². The summed E-state index contributed by atoms with van der Waals surface area (Å²) in [6, 6.07) is 3.64. The highest BCUT2D eigenvalue weighted by Crippen LogP contribution is 2.35. The topological polar surface area (TPSA) is 102 Å². The number of nitrogens with zero attached hydrogens (tertiary/aromatic N) is 2. The molecule has 4 rings (SSSR count). The van der Waals surface area contributed by atoms with Crippen LogP contribution >= 0.6 is 0 Å². The number of rotatable bonds is 6. The Morgan fingerprint density at radius 3 is 2.48 bits per heavy atom. The van der Waals surface area contributed by atoms with E-state index >= 15 is 0 Å². The molecule has 2 aliphatic heterocycles. The molecular weight excluding hydrogens is 448 g/mol. The van der Waals surface area contributed by atoms with E-state index in [1.807, 2.05) is 0 Å². The number of hydrogen-bond acceptors (Lipinski definition) is 7. The summed E-state index contributed by atoms with van der Waals surface area (Å²) in [7, 11) is -2.21. The molecule has 0 aromatic heterocycles. The fourth-order valence-corrected chi connectivity index (χ4v) is 6.48. The van der Waals surface area contributed by atoms with E-state index in [-0.39, 0.29) is 23.4 Å². The molecule has 33 heavy (non-hydrogen) atoms. The van der Waals surface area contributed by atoms with Crippen LogP contribution < -0.4 is 9.47 Å². The molecular formula is C23H32N2O7S. The van der Waals surface area contributed by atoms with Crippen molar-refractivity contribution in [2.45, 2.75) is 75.0 Å². The van der Waals surface area contributed by atoms with E-state index < -0.39 is 28.1 Å². The van der Waals surface area contributed by atoms with Crippen molar-refractivity contribution in [1.29, 1.82) is 0 Å². The number of ether oxygens (including phenoxy) is 3. The van der Waals surface area contributed by atoms with Gasteiger partial charge in [0, 0.05) is 25.7 Å². The Kier molecular flexibility index (Phi) is 7.13. The first kappa shape index (κ1) is 23.8. The van der Waals surface area contributed by atoms with Gasteiger partial charge in [-0.2, -0.15) is 4.31 Å². The molecule has 0 spiro atoms. The van der Waals surface area contributed by atoms with Crippen LogP contribution in [-0.4, -0.2) is 74.5 Å². The number of carbonyl (C=O) groups is 2. The number of likely N-dealkylation sites (N-methyl/N-ethyl adjacent to an activating group) is 1. The molecule has 2 heterocycles. The van der Waals surface area contributed by atoms with Crippen LogP contribution in [-0.2, 0) is 24.3 Å². The van der Waals surface area contributed by atoms with Crippen LogP contribution in [0.25, 0.3) is 0 Å². The van der Waals surface area contributed by atoms with Crippen molar-refractivity contribution < 1.29 is 32.2 Å². The average molecular weight is 481 g/mol. The minimum Gasteiger partial charge on any atom is -0.486 e. The van der Waals surface area contributed by atoms with E-state index in [9.17, 15) is 18.0 Å². The molecule has 0 bridgehead atoms. The molecule has 1 saturated heterocycles. The van der Waals surface area contributed by atoms with Gasteiger partial charge in [0.2, 0.25) is 10.0 Å². The second-order valence-electron chi connectivity index (χ2n) is 8.90. The molecule has 1 amide bonds. The largest absolute Gasteiger partial charge is 0.486 e. The van der Waals surface area contributed by atoms with Gasteiger partial charge in [-0.3, -0.25) is 9.59 Å². The van der Waals surface area contributed by atoms with E-state index in [4.69, 9.17) is 14.2 Å². The van der Waals surface area contributed by atoms with E-state index in [1.165, 1.54) is 22.9 Å². The Bertz CT molecular complexity index is 991. The fourth-order valence-electron chi connectivity index (χ4n) is 4.82. The summed E-state index contributed by atoms with van der Waals surface area (Å²) in [6.45, 7) is 2.51. The highest BCUT2D eigenvalue weighted by Gasteiger charge is 2.42. The second-order valence-corrected chi connectivity index (χ2v) is 10.8. The Morgan fingerprint density at radius 1 is 1.06 bits per heavy atom. The highest BCUT2D eigenvalue weighted by atomic mass is 32.2. The molecule has 1 aromatic rings. The number of esters is 1. The summed E-state index contributed by atoms with van der Waals surface area (Å²) in [4.78, 5) is 27.5. The summed E-state index contributed by atoms with van der Waals surface area (Å²) < 4.78 is 44.2. The Morgan fingerprint density at radius 2 is 1.76 bits per heavy atom. The molecule has 1 saturated carbocycles. The van der Waals surface area contributed by atoms with Crippen LogP contribution in [0.5, 0.6) is 11.5 Å². The van der Waals surface area contributed by atoms with Gasteiger partial charge in [0.05, 0.1) is 4.90 Å². The Labute approximate surface area is 195 Å². The first-order chi connectivity index (χ1) is 15.8. The van der Waals surface area contributed by atoms with E-state index in [1.54, 1.807) is 24.9 Å². The zero-order chi connectivity index (χ0) is 23.6. The Hall–Kier alpha value is -2.33. The van der Waals surface area contributed by atoms with Crippen molar-refractivity contribution in [3.05, 3.63) is 18.2 Å². The van der Waals surface area contributed by atoms with Crippen LogP contribution in [0.4, 0.5) is 0 Å². The summed E-state index contributed by atoms with van der Waals surface area (Å²) in [5, 5.41) is 0. The van der Waals surface area contributed by atoms with E-state index in [0.717, 1.165) is 25.7 Å². The van der Waals surface area contributed by atoms with Crippen LogP contribution in [0, 0.1) is 0 Å².